The van der Waals surface area contributed by atoms with E-state index in [0.717, 1.165) is 26.3 Å². The van der Waals surface area contributed by atoms with E-state index in [1.807, 2.05) is 0 Å². The van der Waals surface area contributed by atoms with Crippen LogP contribution in [0, 0.1) is 0 Å². The molecule has 1 heterocycles. The SMILES string of the molecule is I.NC(=NCC(c1ccccc1)N1CCOCC1)NC1CCCCC1. The monoisotopic (exact) mass is 458 g/mol. The summed E-state index contributed by atoms with van der Waals surface area (Å²) in [6.45, 7) is 4.18. The van der Waals surface area contributed by atoms with Gasteiger partial charge in [0, 0.05) is 19.1 Å². The Morgan fingerprint density at radius 2 is 1.84 bits per heavy atom. The fourth-order valence-electron chi connectivity index (χ4n) is 3.68. The minimum atomic E-state index is 0. The zero-order valence-electron chi connectivity index (χ0n) is 14.9. The molecular weight excluding hydrogens is 427 g/mol. The predicted octanol–water partition coefficient (Wildman–Crippen LogP) is 2.91. The van der Waals surface area contributed by atoms with Gasteiger partial charge < -0.3 is 15.8 Å². The maximum Gasteiger partial charge on any atom is 0.188 e. The Balaban J connectivity index is 0.00000225. The van der Waals surface area contributed by atoms with Crippen LogP contribution in [0.1, 0.15) is 43.7 Å². The Labute approximate surface area is 168 Å². The van der Waals surface area contributed by atoms with Gasteiger partial charge in [0.2, 0.25) is 0 Å². The number of hydrogen-bond donors (Lipinski definition) is 2. The van der Waals surface area contributed by atoms with Crippen molar-refractivity contribution in [1.82, 2.24) is 10.2 Å². The Morgan fingerprint density at radius 3 is 2.52 bits per heavy atom. The summed E-state index contributed by atoms with van der Waals surface area (Å²) in [6, 6.07) is 11.4. The maximum atomic E-state index is 6.16. The fraction of sp³-hybridized carbons (Fsp3) is 0.632. The summed E-state index contributed by atoms with van der Waals surface area (Å²) in [5, 5.41) is 3.41. The lowest BCUT2D eigenvalue weighted by Gasteiger charge is -2.34. The quantitative estimate of drug-likeness (QED) is 0.405. The summed E-state index contributed by atoms with van der Waals surface area (Å²) < 4.78 is 5.50. The number of halogens is 1. The molecule has 6 heteroatoms. The number of guanidine groups is 1. The molecule has 0 bridgehead atoms. The van der Waals surface area contributed by atoms with Gasteiger partial charge in [0.05, 0.1) is 25.8 Å². The average molecular weight is 458 g/mol. The van der Waals surface area contributed by atoms with Gasteiger partial charge in [0.15, 0.2) is 5.96 Å². The topological polar surface area (TPSA) is 62.9 Å². The average Bonchev–Trinajstić information content (AvgIpc) is 2.64. The Morgan fingerprint density at radius 1 is 1.16 bits per heavy atom. The Bertz CT molecular complexity index is 513. The van der Waals surface area contributed by atoms with Gasteiger partial charge in [0.25, 0.3) is 0 Å². The highest BCUT2D eigenvalue weighted by Gasteiger charge is 2.22. The number of nitrogens with zero attached hydrogens (tertiary/aromatic N) is 2. The van der Waals surface area contributed by atoms with E-state index in [9.17, 15) is 0 Å². The van der Waals surface area contributed by atoms with Gasteiger partial charge in [-0.25, -0.2) is 0 Å². The molecule has 0 radical (unpaired) electrons. The van der Waals surface area contributed by atoms with Crippen LogP contribution < -0.4 is 11.1 Å². The van der Waals surface area contributed by atoms with E-state index in [4.69, 9.17) is 10.5 Å². The van der Waals surface area contributed by atoms with E-state index in [2.05, 4.69) is 45.5 Å². The molecular formula is C19H31IN4O. The van der Waals surface area contributed by atoms with E-state index < -0.39 is 0 Å². The molecule has 3 N–H and O–H groups in total. The van der Waals surface area contributed by atoms with Crippen LogP contribution >= 0.6 is 24.0 Å². The summed E-state index contributed by atoms with van der Waals surface area (Å²) in [4.78, 5) is 7.13. The second kappa shape index (κ2) is 11.0. The van der Waals surface area contributed by atoms with Gasteiger partial charge >= 0.3 is 0 Å². The van der Waals surface area contributed by atoms with Crippen LogP contribution in [0.3, 0.4) is 0 Å². The van der Waals surface area contributed by atoms with E-state index in [0.29, 0.717) is 18.5 Å². The first-order valence-electron chi connectivity index (χ1n) is 9.26. The zero-order chi connectivity index (χ0) is 16.6. The highest BCUT2D eigenvalue weighted by Crippen LogP contribution is 2.22. The van der Waals surface area contributed by atoms with Crippen molar-refractivity contribution < 1.29 is 4.74 Å². The second-order valence-corrected chi connectivity index (χ2v) is 6.78. The van der Waals surface area contributed by atoms with Gasteiger partial charge in [-0.15, -0.1) is 24.0 Å². The van der Waals surface area contributed by atoms with Crippen LogP contribution in [0.5, 0.6) is 0 Å². The number of morpholine rings is 1. The molecule has 140 valence electrons. The Kier molecular flexibility index (Phi) is 8.98. The maximum absolute atomic E-state index is 6.16. The van der Waals surface area contributed by atoms with Gasteiger partial charge in [-0.05, 0) is 18.4 Å². The largest absolute Gasteiger partial charge is 0.379 e. The summed E-state index contributed by atoms with van der Waals surface area (Å²) in [6.07, 6.45) is 6.36. The van der Waals surface area contributed by atoms with Gasteiger partial charge in [-0.2, -0.15) is 0 Å². The number of aliphatic imine (C=N–C) groups is 1. The van der Waals surface area contributed by atoms with Crippen LogP contribution in [0.25, 0.3) is 0 Å². The second-order valence-electron chi connectivity index (χ2n) is 6.78. The minimum absolute atomic E-state index is 0. The van der Waals surface area contributed by atoms with Gasteiger partial charge in [-0.3, -0.25) is 9.89 Å². The van der Waals surface area contributed by atoms with Crippen molar-refractivity contribution in [2.24, 2.45) is 10.7 Å². The highest BCUT2D eigenvalue weighted by molar-refractivity contribution is 14.0. The van der Waals surface area contributed by atoms with E-state index >= 15 is 0 Å². The molecule has 25 heavy (non-hydrogen) atoms. The molecule has 0 amide bonds. The first-order valence-corrected chi connectivity index (χ1v) is 9.26. The van der Waals surface area contributed by atoms with Crippen LogP contribution in [0.2, 0.25) is 0 Å². The molecule has 5 nitrogen and oxygen atoms in total. The van der Waals surface area contributed by atoms with Crippen molar-refractivity contribution in [2.75, 3.05) is 32.8 Å². The van der Waals surface area contributed by atoms with E-state index in [-0.39, 0.29) is 30.0 Å². The van der Waals surface area contributed by atoms with Crippen molar-refractivity contribution in [1.29, 1.82) is 0 Å². The van der Waals surface area contributed by atoms with Crippen LogP contribution in [0.4, 0.5) is 0 Å². The molecule has 1 unspecified atom stereocenters. The molecule has 1 aliphatic carbocycles. The number of rotatable bonds is 5. The molecule has 1 aromatic rings. The molecule has 1 saturated heterocycles. The number of hydrogen-bond acceptors (Lipinski definition) is 3. The molecule has 3 rings (SSSR count). The third-order valence-corrected chi connectivity index (χ3v) is 5.06. The van der Waals surface area contributed by atoms with Crippen molar-refractivity contribution in [3.05, 3.63) is 35.9 Å². The molecule has 2 fully saturated rings. The predicted molar refractivity (Wildman–Crippen MR) is 113 cm³/mol. The first-order chi connectivity index (χ1) is 11.8. The number of ether oxygens (including phenoxy) is 1. The van der Waals surface area contributed by atoms with Crippen molar-refractivity contribution >= 4 is 29.9 Å². The van der Waals surface area contributed by atoms with Crippen molar-refractivity contribution in [3.63, 3.8) is 0 Å². The number of benzene rings is 1. The van der Waals surface area contributed by atoms with Crippen molar-refractivity contribution in [3.8, 4) is 0 Å². The Hall–Kier alpha value is -0.860. The molecule has 2 aliphatic rings. The molecule has 1 atom stereocenters. The summed E-state index contributed by atoms with van der Waals surface area (Å²) in [5.74, 6) is 0.594. The first kappa shape index (κ1) is 20.5. The van der Waals surface area contributed by atoms with Crippen LogP contribution in [0.15, 0.2) is 35.3 Å². The standard InChI is InChI=1S/C19H30N4O.HI/c20-19(22-17-9-5-2-6-10-17)21-15-18(16-7-3-1-4-8-16)23-11-13-24-14-12-23;/h1,3-4,7-8,17-18H,2,5-6,9-15H2,(H3,20,21,22);1H. The fourth-order valence-corrected chi connectivity index (χ4v) is 3.68. The summed E-state index contributed by atoms with van der Waals surface area (Å²) in [7, 11) is 0. The third-order valence-electron chi connectivity index (χ3n) is 5.06. The molecule has 1 aliphatic heterocycles. The normalized spacial score (nSPS) is 21.4. The molecule has 1 aromatic carbocycles. The van der Waals surface area contributed by atoms with Gasteiger partial charge in [-0.1, -0.05) is 49.6 Å². The lowest BCUT2D eigenvalue weighted by atomic mass is 9.96. The van der Waals surface area contributed by atoms with E-state index in [1.54, 1.807) is 0 Å². The third kappa shape index (κ3) is 6.42. The number of nitrogens with one attached hydrogen (secondary N) is 1. The molecule has 0 aromatic heterocycles. The van der Waals surface area contributed by atoms with Crippen LogP contribution in [-0.4, -0.2) is 49.7 Å². The number of nitrogens with two attached hydrogens (primary N) is 1. The lowest BCUT2D eigenvalue weighted by Crippen LogP contribution is -2.43. The van der Waals surface area contributed by atoms with Crippen LogP contribution in [-0.2, 0) is 4.74 Å². The highest BCUT2D eigenvalue weighted by atomic mass is 127. The van der Waals surface area contributed by atoms with Gasteiger partial charge in [0.1, 0.15) is 0 Å². The lowest BCUT2D eigenvalue weighted by molar-refractivity contribution is 0.0180. The van der Waals surface area contributed by atoms with Crippen molar-refractivity contribution in [2.45, 2.75) is 44.2 Å². The molecule has 0 spiro atoms. The zero-order valence-corrected chi connectivity index (χ0v) is 17.2. The molecule has 1 saturated carbocycles. The van der Waals surface area contributed by atoms with E-state index in [1.165, 1.54) is 37.7 Å². The minimum Gasteiger partial charge on any atom is -0.379 e. The summed E-state index contributed by atoms with van der Waals surface area (Å²) in [5.41, 5.74) is 7.46. The summed E-state index contributed by atoms with van der Waals surface area (Å²) >= 11 is 0. The smallest absolute Gasteiger partial charge is 0.188 e.